The number of allylic oxidation sites excluding steroid dienone is 5. The summed E-state index contributed by atoms with van der Waals surface area (Å²) in [6.45, 7) is 4.92. The number of esters is 1. The molecule has 0 saturated heterocycles. The van der Waals surface area contributed by atoms with Crippen molar-refractivity contribution in [1.82, 2.24) is 5.32 Å². The molecule has 1 amide bonds. The summed E-state index contributed by atoms with van der Waals surface area (Å²) in [6, 6.07) is -0.630. The number of aliphatic hydroxyl groups is 2. The van der Waals surface area contributed by atoms with Crippen molar-refractivity contribution in [2.24, 2.45) is 0 Å². The quantitative estimate of drug-likeness (QED) is 0.0320. The van der Waals surface area contributed by atoms with Crippen LogP contribution in [0, 0.1) is 0 Å². The predicted octanol–water partition coefficient (Wildman–Crippen LogP) is 22.3. The number of ether oxygens (including phenoxy) is 1. The standard InChI is InChI=1S/C71H135NO5/c1-3-5-7-9-11-13-15-17-19-21-29-33-37-41-45-49-53-57-61-65-71(76)77-66-62-58-54-50-46-42-38-34-31-28-26-24-22-23-25-27-30-32-36-40-44-48-52-56-60-64-70(75)72-68(67-73)69(74)63-59-55-51-47-43-39-35-20-18-16-14-12-10-8-6-4-2/h17,19,23,25,59,63,68-69,73-74H,3-16,18,20-22,24,26-58,60-62,64-67H2,1-2H3,(H,72,75)/b19-17-,25-23-,63-59+. The number of hydrogen-bond acceptors (Lipinski definition) is 5. The van der Waals surface area contributed by atoms with Crippen molar-refractivity contribution in [1.29, 1.82) is 0 Å². The minimum atomic E-state index is -0.847. The van der Waals surface area contributed by atoms with Crippen LogP contribution >= 0.6 is 0 Å². The molecule has 0 aromatic carbocycles. The highest BCUT2D eigenvalue weighted by Gasteiger charge is 2.18. The van der Waals surface area contributed by atoms with Gasteiger partial charge in [0.2, 0.25) is 5.91 Å². The number of aliphatic hydroxyl groups excluding tert-OH is 2. The van der Waals surface area contributed by atoms with Gasteiger partial charge in [-0.3, -0.25) is 9.59 Å². The molecule has 6 nitrogen and oxygen atoms in total. The van der Waals surface area contributed by atoms with Gasteiger partial charge in [0, 0.05) is 12.8 Å². The zero-order chi connectivity index (χ0) is 55.7. The van der Waals surface area contributed by atoms with E-state index in [9.17, 15) is 19.8 Å². The highest BCUT2D eigenvalue weighted by molar-refractivity contribution is 5.76. The van der Waals surface area contributed by atoms with Gasteiger partial charge in [-0.25, -0.2) is 0 Å². The van der Waals surface area contributed by atoms with Gasteiger partial charge in [-0.2, -0.15) is 0 Å². The first kappa shape index (κ1) is 75.1. The molecular formula is C71H135NO5. The van der Waals surface area contributed by atoms with Crippen LogP contribution in [0.4, 0.5) is 0 Å². The lowest BCUT2D eigenvalue weighted by Crippen LogP contribution is -2.45. The van der Waals surface area contributed by atoms with Crippen LogP contribution in [0.3, 0.4) is 0 Å². The molecule has 2 unspecified atom stereocenters. The van der Waals surface area contributed by atoms with Gasteiger partial charge in [0.25, 0.3) is 0 Å². The van der Waals surface area contributed by atoms with Crippen molar-refractivity contribution in [3.8, 4) is 0 Å². The Morgan fingerprint density at radius 2 is 0.610 bits per heavy atom. The Hall–Kier alpha value is -1.92. The third-order valence-corrected chi connectivity index (χ3v) is 16.1. The summed E-state index contributed by atoms with van der Waals surface area (Å²) in [4.78, 5) is 24.6. The Bertz CT molecular complexity index is 1250. The molecule has 0 radical (unpaired) electrons. The van der Waals surface area contributed by atoms with Crippen LogP contribution in [0.1, 0.15) is 380 Å². The van der Waals surface area contributed by atoms with Crippen LogP contribution in [0.5, 0.6) is 0 Å². The van der Waals surface area contributed by atoms with E-state index in [0.717, 1.165) is 44.9 Å². The molecule has 0 aromatic rings. The molecule has 454 valence electrons. The van der Waals surface area contributed by atoms with Gasteiger partial charge in [0.05, 0.1) is 25.4 Å². The van der Waals surface area contributed by atoms with Gasteiger partial charge in [0.1, 0.15) is 0 Å². The summed E-state index contributed by atoms with van der Waals surface area (Å²) in [5, 5.41) is 23.2. The van der Waals surface area contributed by atoms with Crippen molar-refractivity contribution in [3.63, 3.8) is 0 Å². The summed E-state index contributed by atoms with van der Waals surface area (Å²) in [5.41, 5.74) is 0. The van der Waals surface area contributed by atoms with E-state index in [1.54, 1.807) is 6.08 Å². The zero-order valence-corrected chi connectivity index (χ0v) is 52.0. The number of nitrogens with one attached hydrogen (secondary N) is 1. The summed E-state index contributed by atoms with van der Waals surface area (Å²) in [7, 11) is 0. The van der Waals surface area contributed by atoms with Crippen molar-refractivity contribution >= 4 is 11.9 Å². The topological polar surface area (TPSA) is 95.9 Å². The lowest BCUT2D eigenvalue weighted by atomic mass is 10.0. The summed E-state index contributed by atoms with van der Waals surface area (Å²) in [5.74, 6) is -0.0559. The van der Waals surface area contributed by atoms with E-state index >= 15 is 0 Å². The first-order valence-electron chi connectivity index (χ1n) is 34.8. The van der Waals surface area contributed by atoms with Crippen molar-refractivity contribution in [2.45, 2.75) is 392 Å². The maximum absolute atomic E-state index is 12.5. The average Bonchev–Trinajstić information content (AvgIpc) is 3.43. The SMILES string of the molecule is CCCCCCCC/C=C\CCCCCCCCCCCC(=O)OCCCCCCCCCCCCCC/C=C\CCCCCCCCCCCC(=O)NC(CO)C(O)/C=C/CCCCCCCCCCCCCCCC. The fourth-order valence-corrected chi connectivity index (χ4v) is 10.8. The molecule has 0 aliphatic rings. The number of amides is 1. The number of hydrogen-bond donors (Lipinski definition) is 3. The van der Waals surface area contributed by atoms with Gasteiger partial charge >= 0.3 is 5.97 Å². The lowest BCUT2D eigenvalue weighted by Gasteiger charge is -2.20. The van der Waals surface area contributed by atoms with E-state index < -0.39 is 12.1 Å². The van der Waals surface area contributed by atoms with Crippen LogP contribution in [0.25, 0.3) is 0 Å². The summed E-state index contributed by atoms with van der Waals surface area (Å²) in [6.07, 6.45) is 85.0. The van der Waals surface area contributed by atoms with E-state index in [4.69, 9.17) is 4.74 Å². The monoisotopic (exact) mass is 1080 g/mol. The maximum Gasteiger partial charge on any atom is 0.305 e. The predicted molar refractivity (Wildman–Crippen MR) is 338 cm³/mol. The molecule has 3 N–H and O–H groups in total. The van der Waals surface area contributed by atoms with Crippen molar-refractivity contribution in [2.75, 3.05) is 13.2 Å². The number of carbonyl (C=O) groups excluding carboxylic acids is 2. The second-order valence-electron chi connectivity index (χ2n) is 23.9. The van der Waals surface area contributed by atoms with Gasteiger partial charge in [-0.15, -0.1) is 0 Å². The normalized spacial score (nSPS) is 12.7. The van der Waals surface area contributed by atoms with Crippen LogP contribution in [0.2, 0.25) is 0 Å². The molecule has 0 aliphatic carbocycles. The molecule has 77 heavy (non-hydrogen) atoms. The van der Waals surface area contributed by atoms with Crippen LogP contribution in [-0.4, -0.2) is 47.4 Å². The zero-order valence-electron chi connectivity index (χ0n) is 52.0. The van der Waals surface area contributed by atoms with Crippen LogP contribution < -0.4 is 5.32 Å². The average molecular weight is 1080 g/mol. The number of carbonyl (C=O) groups is 2. The first-order valence-corrected chi connectivity index (χ1v) is 34.8. The summed E-state index contributed by atoms with van der Waals surface area (Å²) < 4.78 is 5.51. The Balaban J connectivity index is 3.40. The highest BCUT2D eigenvalue weighted by atomic mass is 16.5. The molecule has 2 atom stereocenters. The fraction of sp³-hybridized carbons (Fsp3) is 0.887. The number of unbranched alkanes of at least 4 members (excludes halogenated alkanes) is 50. The lowest BCUT2D eigenvalue weighted by molar-refractivity contribution is -0.143. The molecular weight excluding hydrogens is 947 g/mol. The smallest absolute Gasteiger partial charge is 0.305 e. The minimum Gasteiger partial charge on any atom is -0.466 e. The molecule has 0 rings (SSSR count). The van der Waals surface area contributed by atoms with E-state index in [0.29, 0.717) is 19.4 Å². The third-order valence-electron chi connectivity index (χ3n) is 16.1. The van der Waals surface area contributed by atoms with Crippen LogP contribution in [0.15, 0.2) is 36.5 Å². The Kier molecular flexibility index (Phi) is 64.9. The highest BCUT2D eigenvalue weighted by Crippen LogP contribution is 2.18. The Morgan fingerprint density at radius 1 is 0.351 bits per heavy atom. The second kappa shape index (κ2) is 66.6. The molecule has 0 aliphatic heterocycles. The van der Waals surface area contributed by atoms with E-state index in [2.05, 4.69) is 43.5 Å². The summed E-state index contributed by atoms with van der Waals surface area (Å²) >= 11 is 0. The molecule has 0 heterocycles. The van der Waals surface area contributed by atoms with Gasteiger partial charge in [0.15, 0.2) is 0 Å². The molecule has 0 aromatic heterocycles. The van der Waals surface area contributed by atoms with Crippen LogP contribution in [-0.2, 0) is 14.3 Å². The maximum atomic E-state index is 12.5. The third kappa shape index (κ3) is 63.1. The van der Waals surface area contributed by atoms with Gasteiger partial charge in [-0.05, 0) is 83.5 Å². The molecule has 0 spiro atoms. The Morgan fingerprint density at radius 3 is 0.922 bits per heavy atom. The first-order chi connectivity index (χ1) is 38.0. The molecule has 0 bridgehead atoms. The van der Waals surface area contributed by atoms with E-state index in [-0.39, 0.29) is 18.5 Å². The van der Waals surface area contributed by atoms with Gasteiger partial charge in [-0.1, -0.05) is 320 Å². The number of rotatable bonds is 65. The largest absolute Gasteiger partial charge is 0.466 e. The van der Waals surface area contributed by atoms with E-state index in [1.807, 2.05) is 6.08 Å². The second-order valence-corrected chi connectivity index (χ2v) is 23.9. The molecule has 0 saturated carbocycles. The Labute approximate surface area is 481 Å². The van der Waals surface area contributed by atoms with Crippen molar-refractivity contribution < 1.29 is 24.5 Å². The van der Waals surface area contributed by atoms with Gasteiger partial charge < -0.3 is 20.3 Å². The minimum absolute atomic E-state index is 0.0130. The molecule has 0 fully saturated rings. The molecule has 6 heteroatoms. The van der Waals surface area contributed by atoms with E-state index in [1.165, 1.54) is 308 Å². The van der Waals surface area contributed by atoms with Crippen molar-refractivity contribution in [3.05, 3.63) is 36.5 Å². The fourth-order valence-electron chi connectivity index (χ4n) is 10.8.